The van der Waals surface area contributed by atoms with Crippen LogP contribution in [0.3, 0.4) is 0 Å². The van der Waals surface area contributed by atoms with E-state index in [9.17, 15) is 18.0 Å². The van der Waals surface area contributed by atoms with Gasteiger partial charge in [0.1, 0.15) is 0 Å². The summed E-state index contributed by atoms with van der Waals surface area (Å²) in [5.74, 6) is -0.368. The van der Waals surface area contributed by atoms with Gasteiger partial charge in [-0.25, -0.2) is 0 Å². The van der Waals surface area contributed by atoms with Gasteiger partial charge >= 0.3 is 6.18 Å². The zero-order valence-corrected chi connectivity index (χ0v) is 14.6. The lowest BCUT2D eigenvalue weighted by Gasteiger charge is -2.15. The predicted octanol–water partition coefficient (Wildman–Crippen LogP) is 5.75. The summed E-state index contributed by atoms with van der Waals surface area (Å²) in [6, 6.07) is 18.4. The van der Waals surface area contributed by atoms with Crippen LogP contribution in [0.25, 0.3) is 16.8 Å². The minimum absolute atomic E-state index is 0.241. The highest BCUT2D eigenvalue weighted by molar-refractivity contribution is 5.93. The molecule has 1 N–H and O–H groups in total. The molecule has 0 heterocycles. The Hall–Kier alpha value is -3.08. The van der Waals surface area contributed by atoms with Crippen LogP contribution in [0.15, 0.2) is 72.8 Å². The smallest absolute Gasteiger partial charge is 0.346 e. The summed E-state index contributed by atoms with van der Waals surface area (Å²) in [5, 5.41) is 4.99. The van der Waals surface area contributed by atoms with Crippen molar-refractivity contribution in [1.29, 1.82) is 0 Å². The molecule has 3 rings (SSSR count). The summed E-state index contributed by atoms with van der Waals surface area (Å²) in [6.07, 6.45) is -1.79. The molecule has 0 unspecified atom stereocenters. The topological polar surface area (TPSA) is 29.1 Å². The lowest BCUT2D eigenvalue weighted by atomic mass is 10.00. The van der Waals surface area contributed by atoms with Crippen LogP contribution in [-0.4, -0.2) is 5.91 Å². The Labute approximate surface area is 155 Å². The number of hydrogen-bond donors (Lipinski definition) is 1. The van der Waals surface area contributed by atoms with Gasteiger partial charge in [0.15, 0.2) is 0 Å². The fraction of sp³-hybridized carbons (Fsp3) is 0.136. The van der Waals surface area contributed by atoms with Crippen molar-refractivity contribution in [2.24, 2.45) is 0 Å². The van der Waals surface area contributed by atoms with Crippen molar-refractivity contribution < 1.29 is 18.0 Å². The number of halogens is 3. The highest BCUT2D eigenvalue weighted by atomic mass is 19.4. The largest absolute Gasteiger partial charge is 0.416 e. The summed E-state index contributed by atoms with van der Waals surface area (Å²) in [5.41, 5.74) is 0.556. The summed E-state index contributed by atoms with van der Waals surface area (Å²) in [6.45, 7) is 1.87. The quantitative estimate of drug-likeness (QED) is 0.583. The molecule has 3 aromatic carbocycles. The molecule has 27 heavy (non-hydrogen) atoms. The van der Waals surface area contributed by atoms with Crippen LogP contribution < -0.4 is 5.32 Å². The van der Waals surface area contributed by atoms with Crippen LogP contribution in [0.5, 0.6) is 0 Å². The van der Waals surface area contributed by atoms with E-state index < -0.39 is 11.7 Å². The van der Waals surface area contributed by atoms with Gasteiger partial charge < -0.3 is 5.32 Å². The zero-order chi connectivity index (χ0) is 19.4. The maximum absolute atomic E-state index is 12.8. The van der Waals surface area contributed by atoms with Crippen LogP contribution >= 0.6 is 0 Å². The summed E-state index contributed by atoms with van der Waals surface area (Å²) in [4.78, 5) is 12.2. The third-order valence-electron chi connectivity index (χ3n) is 4.29. The standard InChI is InChI=1S/C22H18F3NO/c1-15(19-11-5-8-17-7-2-3-10-20(17)19)26-21(27)13-12-16-6-4-9-18(14-16)22(23,24)25/h2-15H,1H3,(H,26,27)/b13-12-/t15-/m1/s1. The van der Waals surface area contributed by atoms with Crippen molar-refractivity contribution in [3.05, 3.63) is 89.5 Å². The zero-order valence-electron chi connectivity index (χ0n) is 14.6. The maximum atomic E-state index is 12.8. The van der Waals surface area contributed by atoms with E-state index >= 15 is 0 Å². The second kappa shape index (κ2) is 7.66. The fourth-order valence-corrected chi connectivity index (χ4v) is 2.96. The number of benzene rings is 3. The number of carbonyl (C=O) groups is 1. The Morgan fingerprint density at radius 1 is 1.00 bits per heavy atom. The van der Waals surface area contributed by atoms with E-state index in [2.05, 4.69) is 5.32 Å². The summed E-state index contributed by atoms with van der Waals surface area (Å²) >= 11 is 0. The predicted molar refractivity (Wildman–Crippen MR) is 101 cm³/mol. The minimum atomic E-state index is -4.41. The number of rotatable bonds is 4. The Kier molecular flexibility index (Phi) is 5.31. The normalized spacial score (nSPS) is 13.0. The molecular formula is C22H18F3NO. The fourth-order valence-electron chi connectivity index (χ4n) is 2.96. The molecule has 138 valence electrons. The molecule has 0 fully saturated rings. The minimum Gasteiger partial charge on any atom is -0.346 e. The van der Waals surface area contributed by atoms with Gasteiger partial charge in [-0.2, -0.15) is 13.2 Å². The van der Waals surface area contributed by atoms with E-state index in [0.29, 0.717) is 5.56 Å². The lowest BCUT2D eigenvalue weighted by Crippen LogP contribution is -2.24. The molecule has 0 aliphatic carbocycles. The molecule has 0 aliphatic heterocycles. The first-order valence-electron chi connectivity index (χ1n) is 8.48. The molecular weight excluding hydrogens is 351 g/mol. The van der Waals surface area contributed by atoms with Gasteiger partial charge in [0.25, 0.3) is 0 Å². The van der Waals surface area contributed by atoms with E-state index in [1.165, 1.54) is 24.3 Å². The maximum Gasteiger partial charge on any atom is 0.416 e. The van der Waals surface area contributed by atoms with Gasteiger partial charge in [0.2, 0.25) is 5.91 Å². The number of amides is 1. The van der Waals surface area contributed by atoms with Crippen molar-refractivity contribution in [3.8, 4) is 0 Å². The first kappa shape index (κ1) is 18.7. The molecule has 0 aliphatic rings. The van der Waals surface area contributed by atoms with Crippen molar-refractivity contribution in [1.82, 2.24) is 5.32 Å². The van der Waals surface area contributed by atoms with Crippen molar-refractivity contribution in [2.45, 2.75) is 19.1 Å². The molecule has 0 radical (unpaired) electrons. The Morgan fingerprint density at radius 2 is 1.70 bits per heavy atom. The van der Waals surface area contributed by atoms with E-state index in [1.54, 1.807) is 0 Å². The van der Waals surface area contributed by atoms with Gasteiger partial charge in [-0.1, -0.05) is 54.6 Å². The number of fused-ring (bicyclic) bond motifs is 1. The van der Waals surface area contributed by atoms with Crippen LogP contribution in [-0.2, 0) is 11.0 Å². The molecule has 1 atom stereocenters. The van der Waals surface area contributed by atoms with E-state index in [-0.39, 0.29) is 11.9 Å². The van der Waals surface area contributed by atoms with Gasteiger partial charge in [-0.05, 0) is 47.0 Å². The summed E-state index contributed by atoms with van der Waals surface area (Å²) in [7, 11) is 0. The third-order valence-corrected chi connectivity index (χ3v) is 4.29. The first-order chi connectivity index (χ1) is 12.8. The van der Waals surface area contributed by atoms with Crippen molar-refractivity contribution in [3.63, 3.8) is 0 Å². The monoisotopic (exact) mass is 369 g/mol. The Balaban J connectivity index is 1.73. The second-order valence-corrected chi connectivity index (χ2v) is 6.26. The lowest BCUT2D eigenvalue weighted by molar-refractivity contribution is -0.137. The van der Waals surface area contributed by atoms with Crippen molar-refractivity contribution in [2.75, 3.05) is 0 Å². The third kappa shape index (κ3) is 4.56. The first-order valence-corrected chi connectivity index (χ1v) is 8.48. The SMILES string of the molecule is C[C@@H](NC(=O)/C=C\c1cccc(C(F)(F)F)c1)c1cccc2ccccc12. The average molecular weight is 369 g/mol. The highest BCUT2D eigenvalue weighted by Gasteiger charge is 2.30. The van der Waals surface area contributed by atoms with Crippen LogP contribution in [0.4, 0.5) is 13.2 Å². The van der Waals surface area contributed by atoms with Gasteiger partial charge in [-0.15, -0.1) is 0 Å². The number of nitrogens with one attached hydrogen (secondary N) is 1. The van der Waals surface area contributed by atoms with E-state index in [4.69, 9.17) is 0 Å². The Morgan fingerprint density at radius 3 is 2.48 bits per heavy atom. The molecule has 3 aromatic rings. The Bertz CT molecular complexity index is 987. The van der Waals surface area contributed by atoms with Gasteiger partial charge in [-0.3, -0.25) is 4.79 Å². The molecule has 5 heteroatoms. The molecule has 0 bridgehead atoms. The van der Waals surface area contributed by atoms with E-state index in [0.717, 1.165) is 28.5 Å². The highest BCUT2D eigenvalue weighted by Crippen LogP contribution is 2.29. The number of carbonyl (C=O) groups excluding carboxylic acids is 1. The number of hydrogen-bond acceptors (Lipinski definition) is 1. The molecule has 1 amide bonds. The molecule has 2 nitrogen and oxygen atoms in total. The molecule has 0 aromatic heterocycles. The number of alkyl halides is 3. The second-order valence-electron chi connectivity index (χ2n) is 6.26. The van der Waals surface area contributed by atoms with Gasteiger partial charge in [0, 0.05) is 6.08 Å². The molecule has 0 spiro atoms. The van der Waals surface area contributed by atoms with E-state index in [1.807, 2.05) is 49.4 Å². The average Bonchev–Trinajstić information content (AvgIpc) is 2.65. The molecule has 0 saturated carbocycles. The summed E-state index contributed by atoms with van der Waals surface area (Å²) < 4.78 is 38.3. The molecule has 0 saturated heterocycles. The van der Waals surface area contributed by atoms with Crippen LogP contribution in [0, 0.1) is 0 Å². The van der Waals surface area contributed by atoms with Gasteiger partial charge in [0.05, 0.1) is 11.6 Å². The van der Waals surface area contributed by atoms with Crippen LogP contribution in [0.2, 0.25) is 0 Å². The van der Waals surface area contributed by atoms with Crippen LogP contribution in [0.1, 0.15) is 29.7 Å². The van der Waals surface area contributed by atoms with Crippen molar-refractivity contribution >= 4 is 22.8 Å².